The molecule has 0 heterocycles. The molecule has 0 aliphatic carbocycles. The summed E-state index contributed by atoms with van der Waals surface area (Å²) in [6.45, 7) is 7.48. The van der Waals surface area contributed by atoms with E-state index in [0.717, 1.165) is 21.2 Å². The van der Waals surface area contributed by atoms with Gasteiger partial charge in [0, 0.05) is 12.1 Å². The molecule has 2 nitrogen and oxygen atoms in total. The van der Waals surface area contributed by atoms with Crippen LogP contribution in [0.15, 0.2) is 21.1 Å². The first kappa shape index (κ1) is 15.6. The summed E-state index contributed by atoms with van der Waals surface area (Å²) in [6.07, 6.45) is 5.19. The van der Waals surface area contributed by atoms with Crippen LogP contribution >= 0.6 is 31.9 Å². The van der Waals surface area contributed by atoms with Gasteiger partial charge in [0.15, 0.2) is 0 Å². The van der Waals surface area contributed by atoms with Gasteiger partial charge in [-0.1, -0.05) is 5.92 Å². The van der Waals surface area contributed by atoms with Gasteiger partial charge >= 0.3 is 0 Å². The lowest BCUT2D eigenvalue weighted by Crippen LogP contribution is -2.35. The molecule has 0 amide bonds. The van der Waals surface area contributed by atoms with Gasteiger partial charge in [0.25, 0.3) is 0 Å². The smallest absolute Gasteiger partial charge is 0.149 e. The van der Waals surface area contributed by atoms with E-state index >= 15 is 0 Å². The molecule has 0 radical (unpaired) electrons. The van der Waals surface area contributed by atoms with Crippen molar-refractivity contribution in [2.24, 2.45) is 0 Å². The van der Waals surface area contributed by atoms with Crippen LogP contribution in [0.5, 0.6) is 5.75 Å². The zero-order valence-electron chi connectivity index (χ0n) is 10.8. The monoisotopic (exact) mass is 373 g/mol. The average molecular weight is 375 g/mol. The lowest BCUT2D eigenvalue weighted by Gasteiger charge is -2.21. The van der Waals surface area contributed by atoms with Gasteiger partial charge in [-0.2, -0.15) is 0 Å². The lowest BCUT2D eigenvalue weighted by atomic mass is 10.1. The number of hydrogen-bond acceptors (Lipinski definition) is 2. The Morgan fingerprint density at radius 3 is 2.28 bits per heavy atom. The molecule has 0 saturated carbocycles. The molecule has 0 aliphatic heterocycles. The molecule has 98 valence electrons. The van der Waals surface area contributed by atoms with E-state index < -0.39 is 0 Å². The molecule has 0 aromatic heterocycles. The van der Waals surface area contributed by atoms with Gasteiger partial charge < -0.3 is 10.1 Å². The Morgan fingerprint density at radius 2 is 1.83 bits per heavy atom. The van der Waals surface area contributed by atoms with Crippen molar-refractivity contribution in [2.75, 3.05) is 6.61 Å². The molecular weight excluding hydrogens is 358 g/mol. The van der Waals surface area contributed by atoms with Crippen molar-refractivity contribution in [3.05, 3.63) is 26.6 Å². The van der Waals surface area contributed by atoms with Crippen molar-refractivity contribution in [3.63, 3.8) is 0 Å². The first-order chi connectivity index (χ1) is 8.33. The third-order valence-corrected chi connectivity index (χ3v) is 3.36. The van der Waals surface area contributed by atoms with Gasteiger partial charge in [-0.15, -0.1) is 6.42 Å². The van der Waals surface area contributed by atoms with E-state index in [2.05, 4.69) is 63.9 Å². The molecule has 0 fully saturated rings. The normalized spacial score (nSPS) is 11.1. The summed E-state index contributed by atoms with van der Waals surface area (Å²) in [6, 6.07) is 4.07. The predicted molar refractivity (Wildman–Crippen MR) is 82.8 cm³/mol. The predicted octanol–water partition coefficient (Wildman–Crippen LogP) is 4.11. The largest absolute Gasteiger partial charge is 0.479 e. The summed E-state index contributed by atoms with van der Waals surface area (Å²) >= 11 is 6.99. The summed E-state index contributed by atoms with van der Waals surface area (Å²) in [7, 11) is 0. The van der Waals surface area contributed by atoms with Gasteiger partial charge in [0.05, 0.1) is 8.95 Å². The molecule has 1 aromatic rings. The second-order valence-electron chi connectivity index (χ2n) is 4.98. The van der Waals surface area contributed by atoms with Crippen LogP contribution in [-0.2, 0) is 6.54 Å². The van der Waals surface area contributed by atoms with Crippen LogP contribution < -0.4 is 10.1 Å². The standard InChI is InChI=1S/C14H17Br2NO/c1-5-6-18-13-11(15)7-10(8-12(13)16)9-17-14(2,3)4/h1,7-8,17H,6,9H2,2-4H3. The minimum atomic E-state index is 0.0948. The summed E-state index contributed by atoms with van der Waals surface area (Å²) in [5.74, 6) is 3.20. The van der Waals surface area contributed by atoms with Crippen molar-refractivity contribution in [3.8, 4) is 18.1 Å². The van der Waals surface area contributed by atoms with Gasteiger partial charge in [-0.3, -0.25) is 0 Å². The Balaban J connectivity index is 2.83. The van der Waals surface area contributed by atoms with Gasteiger partial charge in [-0.25, -0.2) is 0 Å². The fourth-order valence-corrected chi connectivity index (χ4v) is 2.84. The SMILES string of the molecule is C#CCOc1c(Br)cc(CNC(C)(C)C)cc1Br. The van der Waals surface area contributed by atoms with Gasteiger partial charge in [-0.05, 0) is 70.3 Å². The van der Waals surface area contributed by atoms with E-state index in [9.17, 15) is 0 Å². The molecule has 1 rings (SSSR count). The van der Waals surface area contributed by atoms with Gasteiger partial charge in [0.1, 0.15) is 12.4 Å². The van der Waals surface area contributed by atoms with Crippen molar-refractivity contribution in [1.82, 2.24) is 5.32 Å². The van der Waals surface area contributed by atoms with Crippen LogP contribution in [0.4, 0.5) is 0 Å². The van der Waals surface area contributed by atoms with E-state index in [1.165, 1.54) is 5.56 Å². The molecule has 1 aromatic carbocycles. The van der Waals surface area contributed by atoms with E-state index in [1.807, 2.05) is 12.1 Å². The number of halogens is 2. The van der Waals surface area contributed by atoms with Crippen LogP contribution in [-0.4, -0.2) is 12.1 Å². The number of nitrogens with one attached hydrogen (secondary N) is 1. The molecule has 4 heteroatoms. The summed E-state index contributed by atoms with van der Waals surface area (Å²) in [4.78, 5) is 0. The van der Waals surface area contributed by atoms with E-state index in [0.29, 0.717) is 0 Å². The fraction of sp³-hybridized carbons (Fsp3) is 0.429. The van der Waals surface area contributed by atoms with Crippen LogP contribution in [0.2, 0.25) is 0 Å². The topological polar surface area (TPSA) is 21.3 Å². The molecule has 0 aliphatic rings. The van der Waals surface area contributed by atoms with Crippen LogP contribution in [0.25, 0.3) is 0 Å². The number of ether oxygens (including phenoxy) is 1. The zero-order chi connectivity index (χ0) is 13.8. The highest BCUT2D eigenvalue weighted by Gasteiger charge is 2.12. The lowest BCUT2D eigenvalue weighted by molar-refractivity contribution is 0.365. The Hall–Kier alpha value is -0.500. The van der Waals surface area contributed by atoms with Crippen LogP contribution in [0.1, 0.15) is 26.3 Å². The van der Waals surface area contributed by atoms with Gasteiger partial charge in [0.2, 0.25) is 0 Å². The molecule has 0 saturated heterocycles. The van der Waals surface area contributed by atoms with E-state index in [-0.39, 0.29) is 12.1 Å². The highest BCUT2D eigenvalue weighted by atomic mass is 79.9. The Labute approximate surface area is 126 Å². The summed E-state index contributed by atoms with van der Waals surface area (Å²) in [5, 5.41) is 3.44. The number of terminal acetylenes is 1. The maximum Gasteiger partial charge on any atom is 0.149 e. The van der Waals surface area contributed by atoms with Crippen LogP contribution in [0, 0.1) is 12.3 Å². The molecule has 1 N–H and O–H groups in total. The number of hydrogen-bond donors (Lipinski definition) is 1. The van der Waals surface area contributed by atoms with E-state index in [1.54, 1.807) is 0 Å². The molecule has 0 bridgehead atoms. The average Bonchev–Trinajstić information content (AvgIpc) is 2.24. The highest BCUT2D eigenvalue weighted by Crippen LogP contribution is 2.34. The molecular formula is C14H17Br2NO. The van der Waals surface area contributed by atoms with Crippen molar-refractivity contribution < 1.29 is 4.74 Å². The fourth-order valence-electron chi connectivity index (χ4n) is 1.33. The van der Waals surface area contributed by atoms with Crippen molar-refractivity contribution >= 4 is 31.9 Å². The quantitative estimate of drug-likeness (QED) is 0.800. The first-order valence-electron chi connectivity index (χ1n) is 5.62. The third kappa shape index (κ3) is 5.01. The zero-order valence-corrected chi connectivity index (χ0v) is 14.0. The minimum absolute atomic E-state index is 0.0948. The first-order valence-corrected chi connectivity index (χ1v) is 7.21. The van der Waals surface area contributed by atoms with Crippen molar-refractivity contribution in [1.29, 1.82) is 0 Å². The maximum atomic E-state index is 5.47. The Morgan fingerprint density at radius 1 is 1.28 bits per heavy atom. The molecule has 18 heavy (non-hydrogen) atoms. The Kier molecular flexibility index (Phi) is 5.71. The Bertz CT molecular complexity index is 435. The molecule has 0 atom stereocenters. The molecule has 0 unspecified atom stereocenters. The minimum Gasteiger partial charge on any atom is -0.479 e. The maximum absolute atomic E-state index is 5.47. The molecule has 0 spiro atoms. The summed E-state index contributed by atoms with van der Waals surface area (Å²) in [5.41, 5.74) is 1.27. The number of rotatable bonds is 4. The van der Waals surface area contributed by atoms with Crippen LogP contribution in [0.3, 0.4) is 0 Å². The van der Waals surface area contributed by atoms with Crippen molar-refractivity contribution in [2.45, 2.75) is 32.9 Å². The third-order valence-electron chi connectivity index (χ3n) is 2.18. The second kappa shape index (κ2) is 6.60. The van der Waals surface area contributed by atoms with E-state index in [4.69, 9.17) is 11.2 Å². The summed E-state index contributed by atoms with van der Waals surface area (Å²) < 4.78 is 7.27. The second-order valence-corrected chi connectivity index (χ2v) is 6.69. The number of benzene rings is 1. The highest BCUT2D eigenvalue weighted by molar-refractivity contribution is 9.11.